The Hall–Kier alpha value is -2.12. The van der Waals surface area contributed by atoms with Gasteiger partial charge in [0.25, 0.3) is 0 Å². The van der Waals surface area contributed by atoms with Gasteiger partial charge >= 0.3 is 6.09 Å². The highest BCUT2D eigenvalue weighted by atomic mass is 35.5. The number of ether oxygens (including phenoxy) is 1. The zero-order valence-corrected chi connectivity index (χ0v) is 19.4. The Morgan fingerprint density at radius 1 is 1.23 bits per heavy atom. The molecule has 30 heavy (non-hydrogen) atoms. The topological polar surface area (TPSA) is 71.5 Å². The standard InChI is InChI=1S/C22H28ClN3O3S/c1-14-19(15-5-7-17(23)8-6-15)25-18(30-14)13-24-20(27)16-9-11-26(12-10-16)21(28)29-22(2,3)4/h5-8,16H,9-13H2,1-4H3,(H,24,27). The predicted molar refractivity (Wildman–Crippen MR) is 120 cm³/mol. The Morgan fingerprint density at radius 2 is 1.87 bits per heavy atom. The number of likely N-dealkylation sites (tertiary alicyclic amines) is 1. The third kappa shape index (κ3) is 5.95. The quantitative estimate of drug-likeness (QED) is 0.710. The second-order valence-electron chi connectivity index (χ2n) is 8.48. The molecule has 1 aromatic carbocycles. The van der Waals surface area contributed by atoms with Crippen molar-refractivity contribution in [2.45, 2.75) is 52.7 Å². The van der Waals surface area contributed by atoms with E-state index < -0.39 is 5.60 Å². The van der Waals surface area contributed by atoms with Crippen molar-refractivity contribution in [2.24, 2.45) is 5.92 Å². The number of piperidine rings is 1. The zero-order chi connectivity index (χ0) is 21.9. The van der Waals surface area contributed by atoms with Gasteiger partial charge in [-0.3, -0.25) is 4.79 Å². The van der Waals surface area contributed by atoms with Crippen molar-refractivity contribution in [3.63, 3.8) is 0 Å². The van der Waals surface area contributed by atoms with E-state index in [0.29, 0.717) is 37.5 Å². The highest BCUT2D eigenvalue weighted by molar-refractivity contribution is 7.12. The summed E-state index contributed by atoms with van der Waals surface area (Å²) in [5.74, 6) is -0.0831. The fraction of sp³-hybridized carbons (Fsp3) is 0.500. The Morgan fingerprint density at radius 3 is 2.47 bits per heavy atom. The van der Waals surface area contributed by atoms with Gasteiger partial charge in [0.1, 0.15) is 10.6 Å². The minimum Gasteiger partial charge on any atom is -0.444 e. The number of hydrogen-bond acceptors (Lipinski definition) is 5. The first-order valence-corrected chi connectivity index (χ1v) is 11.3. The lowest BCUT2D eigenvalue weighted by Gasteiger charge is -2.32. The molecule has 2 heterocycles. The Kier molecular flexibility index (Phi) is 7.03. The van der Waals surface area contributed by atoms with Gasteiger partial charge in [-0.15, -0.1) is 11.3 Å². The van der Waals surface area contributed by atoms with Gasteiger partial charge < -0.3 is 15.0 Å². The number of carbonyl (C=O) groups is 2. The van der Waals surface area contributed by atoms with Crippen molar-refractivity contribution in [1.82, 2.24) is 15.2 Å². The van der Waals surface area contributed by atoms with E-state index in [1.54, 1.807) is 16.2 Å². The van der Waals surface area contributed by atoms with Crippen LogP contribution in [0.1, 0.15) is 43.5 Å². The van der Waals surface area contributed by atoms with Gasteiger partial charge in [-0.1, -0.05) is 23.7 Å². The van der Waals surface area contributed by atoms with Gasteiger partial charge in [0.2, 0.25) is 5.91 Å². The average Bonchev–Trinajstić information content (AvgIpc) is 3.06. The first kappa shape index (κ1) is 22.6. The monoisotopic (exact) mass is 449 g/mol. The molecule has 6 nitrogen and oxygen atoms in total. The molecular weight excluding hydrogens is 422 g/mol. The molecule has 1 fully saturated rings. The van der Waals surface area contributed by atoms with Crippen LogP contribution >= 0.6 is 22.9 Å². The van der Waals surface area contributed by atoms with Crippen molar-refractivity contribution >= 4 is 34.9 Å². The molecule has 2 amide bonds. The molecule has 3 rings (SSSR count). The number of hydrogen-bond donors (Lipinski definition) is 1. The van der Waals surface area contributed by atoms with Crippen LogP contribution in [0.3, 0.4) is 0 Å². The van der Waals surface area contributed by atoms with E-state index in [-0.39, 0.29) is 17.9 Å². The molecule has 0 aliphatic carbocycles. The van der Waals surface area contributed by atoms with Crippen LogP contribution in [-0.2, 0) is 16.1 Å². The number of nitrogens with zero attached hydrogens (tertiary/aromatic N) is 2. The molecule has 0 atom stereocenters. The van der Waals surface area contributed by atoms with Crippen LogP contribution < -0.4 is 5.32 Å². The Bertz CT molecular complexity index is 897. The summed E-state index contributed by atoms with van der Waals surface area (Å²) in [5, 5.41) is 4.57. The minimum atomic E-state index is -0.512. The highest BCUT2D eigenvalue weighted by Crippen LogP contribution is 2.28. The maximum atomic E-state index is 12.6. The molecule has 1 aliphatic heterocycles. The van der Waals surface area contributed by atoms with Crippen molar-refractivity contribution in [1.29, 1.82) is 0 Å². The van der Waals surface area contributed by atoms with Crippen LogP contribution in [0.2, 0.25) is 5.02 Å². The first-order chi connectivity index (χ1) is 14.1. The zero-order valence-electron chi connectivity index (χ0n) is 17.8. The summed E-state index contributed by atoms with van der Waals surface area (Å²) < 4.78 is 5.41. The second kappa shape index (κ2) is 9.35. The van der Waals surface area contributed by atoms with Gasteiger partial charge in [0.15, 0.2) is 0 Å². The van der Waals surface area contributed by atoms with Gasteiger partial charge in [-0.2, -0.15) is 0 Å². The molecule has 0 bridgehead atoms. The van der Waals surface area contributed by atoms with Crippen molar-refractivity contribution in [2.75, 3.05) is 13.1 Å². The summed E-state index contributed by atoms with van der Waals surface area (Å²) >= 11 is 7.55. The summed E-state index contributed by atoms with van der Waals surface area (Å²) in [6.07, 6.45) is 0.963. The first-order valence-electron chi connectivity index (χ1n) is 10.1. The second-order valence-corrected chi connectivity index (χ2v) is 10.2. The number of halogens is 1. The molecule has 0 unspecified atom stereocenters. The van der Waals surface area contributed by atoms with Gasteiger partial charge in [-0.25, -0.2) is 9.78 Å². The third-order valence-corrected chi connectivity index (χ3v) is 6.11. The predicted octanol–water partition coefficient (Wildman–Crippen LogP) is 5.04. The normalized spacial score (nSPS) is 15.2. The van der Waals surface area contributed by atoms with Crippen LogP contribution in [-0.4, -0.2) is 40.6 Å². The molecule has 0 saturated carbocycles. The van der Waals surface area contributed by atoms with E-state index >= 15 is 0 Å². The van der Waals surface area contributed by atoms with Crippen molar-refractivity contribution < 1.29 is 14.3 Å². The molecule has 162 valence electrons. The molecule has 1 N–H and O–H groups in total. The van der Waals surface area contributed by atoms with E-state index in [1.807, 2.05) is 52.0 Å². The minimum absolute atomic E-state index is 0.0136. The molecule has 0 radical (unpaired) electrons. The largest absolute Gasteiger partial charge is 0.444 e. The number of amides is 2. The molecule has 1 aliphatic rings. The molecule has 0 spiro atoms. The molecule has 8 heteroatoms. The van der Waals surface area contributed by atoms with Crippen LogP contribution in [0.25, 0.3) is 11.3 Å². The number of aryl methyl sites for hydroxylation is 1. The van der Waals surface area contributed by atoms with Crippen LogP contribution in [0.15, 0.2) is 24.3 Å². The van der Waals surface area contributed by atoms with E-state index in [1.165, 1.54) is 0 Å². The molecular formula is C22H28ClN3O3S. The summed E-state index contributed by atoms with van der Waals surface area (Å²) in [6.45, 7) is 9.05. The number of rotatable bonds is 4. The van der Waals surface area contributed by atoms with E-state index in [2.05, 4.69) is 10.3 Å². The number of benzene rings is 1. The Labute approximate surface area is 186 Å². The van der Waals surface area contributed by atoms with Gasteiger partial charge in [0, 0.05) is 34.5 Å². The third-order valence-electron chi connectivity index (χ3n) is 4.89. The van der Waals surface area contributed by atoms with Crippen LogP contribution in [0, 0.1) is 12.8 Å². The number of nitrogens with one attached hydrogen (secondary N) is 1. The fourth-order valence-electron chi connectivity index (χ4n) is 3.36. The summed E-state index contributed by atoms with van der Waals surface area (Å²) in [5.41, 5.74) is 1.42. The van der Waals surface area contributed by atoms with Crippen LogP contribution in [0.4, 0.5) is 4.79 Å². The summed E-state index contributed by atoms with van der Waals surface area (Å²) in [6, 6.07) is 7.60. The SMILES string of the molecule is Cc1sc(CNC(=O)C2CCN(C(=O)OC(C)(C)C)CC2)nc1-c1ccc(Cl)cc1. The molecule has 1 saturated heterocycles. The summed E-state index contributed by atoms with van der Waals surface area (Å²) in [7, 11) is 0. The molecule has 1 aromatic heterocycles. The highest BCUT2D eigenvalue weighted by Gasteiger charge is 2.29. The maximum Gasteiger partial charge on any atom is 0.410 e. The van der Waals surface area contributed by atoms with Gasteiger partial charge in [-0.05, 0) is 52.7 Å². The summed E-state index contributed by atoms with van der Waals surface area (Å²) in [4.78, 5) is 32.2. The lowest BCUT2D eigenvalue weighted by atomic mass is 9.96. The number of aromatic nitrogens is 1. The van der Waals surface area contributed by atoms with E-state index in [0.717, 1.165) is 21.1 Å². The maximum absolute atomic E-state index is 12.6. The van der Waals surface area contributed by atoms with Crippen LogP contribution in [0.5, 0.6) is 0 Å². The van der Waals surface area contributed by atoms with Crippen molar-refractivity contribution in [3.8, 4) is 11.3 Å². The fourth-order valence-corrected chi connectivity index (χ4v) is 4.38. The Balaban J connectivity index is 1.50. The smallest absolute Gasteiger partial charge is 0.410 e. The van der Waals surface area contributed by atoms with E-state index in [4.69, 9.17) is 16.3 Å². The lowest BCUT2D eigenvalue weighted by Crippen LogP contribution is -2.44. The molecule has 2 aromatic rings. The average molecular weight is 450 g/mol. The van der Waals surface area contributed by atoms with Crippen molar-refractivity contribution in [3.05, 3.63) is 39.2 Å². The lowest BCUT2D eigenvalue weighted by molar-refractivity contribution is -0.126. The van der Waals surface area contributed by atoms with Gasteiger partial charge in [0.05, 0.1) is 12.2 Å². The number of carbonyl (C=O) groups excluding carboxylic acids is 2. The van der Waals surface area contributed by atoms with E-state index in [9.17, 15) is 9.59 Å². The number of thiazole rings is 1.